The summed E-state index contributed by atoms with van der Waals surface area (Å²) in [4.78, 5) is 30.2. The van der Waals surface area contributed by atoms with Crippen LogP contribution < -0.4 is 14.9 Å². The van der Waals surface area contributed by atoms with Crippen LogP contribution in [0, 0.1) is 0 Å². The highest BCUT2D eigenvalue weighted by Crippen LogP contribution is 2.38. The Morgan fingerprint density at radius 1 is 0.881 bits per heavy atom. The molecule has 0 aromatic heterocycles. The number of sulfonamides is 1. The number of carbonyl (C=O) groups is 2. The highest BCUT2D eigenvalue weighted by atomic mass is 32.2. The van der Waals surface area contributed by atoms with Gasteiger partial charge in [-0.2, -0.15) is 0 Å². The van der Waals surface area contributed by atoms with Gasteiger partial charge in [0.25, 0.3) is 11.8 Å². The summed E-state index contributed by atoms with van der Waals surface area (Å²) in [5.41, 5.74) is 4.82. The van der Waals surface area contributed by atoms with E-state index in [1.54, 1.807) is 54.4 Å². The smallest absolute Gasteiger partial charge is 0.258 e. The SMILES string of the molecule is CCCCN(C)C(=O)c1ccc2c(c1)C(=C(Nc1ccc(N(CCN(C)C)S(C)(=O)=O)cc1)c1ccccc1)C(=O)N2. The van der Waals surface area contributed by atoms with Crippen LogP contribution in [0.2, 0.25) is 0 Å². The fraction of sp³-hybridized carbons (Fsp3) is 0.312. The summed E-state index contributed by atoms with van der Waals surface area (Å²) in [7, 11) is 2.10. The van der Waals surface area contributed by atoms with E-state index in [9.17, 15) is 18.0 Å². The monoisotopic (exact) mass is 589 g/mol. The van der Waals surface area contributed by atoms with Crippen LogP contribution in [0.4, 0.5) is 17.1 Å². The molecule has 222 valence electrons. The van der Waals surface area contributed by atoms with Gasteiger partial charge in [-0.1, -0.05) is 43.7 Å². The summed E-state index contributed by atoms with van der Waals surface area (Å²) in [6.07, 6.45) is 3.10. The first-order chi connectivity index (χ1) is 20.0. The number of unbranched alkanes of at least 4 members (excludes halogenated alkanes) is 1. The highest BCUT2D eigenvalue weighted by Gasteiger charge is 2.30. The molecule has 4 rings (SSSR count). The molecule has 1 heterocycles. The average molecular weight is 590 g/mol. The van der Waals surface area contributed by atoms with Gasteiger partial charge in [0.05, 0.1) is 23.2 Å². The van der Waals surface area contributed by atoms with Gasteiger partial charge < -0.3 is 20.4 Å². The minimum Gasteiger partial charge on any atom is -0.354 e. The van der Waals surface area contributed by atoms with E-state index < -0.39 is 10.0 Å². The van der Waals surface area contributed by atoms with Crippen LogP contribution in [0.1, 0.15) is 41.3 Å². The van der Waals surface area contributed by atoms with Crippen LogP contribution in [0.3, 0.4) is 0 Å². The van der Waals surface area contributed by atoms with E-state index in [1.807, 2.05) is 49.3 Å². The number of nitrogens with one attached hydrogen (secondary N) is 2. The quantitative estimate of drug-likeness (QED) is 0.294. The molecule has 42 heavy (non-hydrogen) atoms. The van der Waals surface area contributed by atoms with Crippen LogP contribution in [-0.2, 0) is 14.8 Å². The molecule has 3 aromatic carbocycles. The molecule has 0 unspecified atom stereocenters. The Kier molecular flexibility index (Phi) is 9.70. The number of nitrogens with zero attached hydrogens (tertiary/aromatic N) is 3. The van der Waals surface area contributed by atoms with Gasteiger partial charge in [0, 0.05) is 49.2 Å². The fourth-order valence-electron chi connectivity index (χ4n) is 4.78. The molecular weight excluding hydrogens is 550 g/mol. The van der Waals surface area contributed by atoms with Crippen molar-refractivity contribution in [2.24, 2.45) is 0 Å². The van der Waals surface area contributed by atoms with Gasteiger partial charge in [0.2, 0.25) is 10.0 Å². The summed E-state index contributed by atoms with van der Waals surface area (Å²) >= 11 is 0. The first kappa shape index (κ1) is 30.8. The van der Waals surface area contributed by atoms with Crippen molar-refractivity contribution in [1.29, 1.82) is 0 Å². The zero-order valence-corrected chi connectivity index (χ0v) is 25.7. The third-order valence-electron chi connectivity index (χ3n) is 7.09. The lowest BCUT2D eigenvalue weighted by molar-refractivity contribution is -0.110. The van der Waals surface area contributed by atoms with E-state index in [4.69, 9.17) is 0 Å². The topological polar surface area (TPSA) is 102 Å². The summed E-state index contributed by atoms with van der Waals surface area (Å²) in [6, 6.07) is 21.9. The second-order valence-electron chi connectivity index (χ2n) is 10.7. The predicted molar refractivity (Wildman–Crippen MR) is 171 cm³/mol. The third-order valence-corrected chi connectivity index (χ3v) is 8.29. The van der Waals surface area contributed by atoms with Crippen molar-refractivity contribution in [2.75, 3.05) is 62.0 Å². The molecule has 10 heteroatoms. The molecule has 0 spiro atoms. The van der Waals surface area contributed by atoms with Gasteiger partial charge in [0.1, 0.15) is 0 Å². The standard InChI is InChI=1S/C32H39N5O4S/c1-6-7-19-36(4)32(39)24-13-18-28-27(22-24)29(31(38)34-28)30(23-11-9-8-10-12-23)33-25-14-16-26(17-15-25)37(42(5,40)41)21-20-35(2)3/h8-18,22,33H,6-7,19-21H2,1-5H3,(H,34,38). The molecule has 9 nitrogen and oxygen atoms in total. The molecule has 1 aliphatic rings. The maximum absolute atomic E-state index is 13.4. The number of anilines is 3. The predicted octanol–water partition coefficient (Wildman–Crippen LogP) is 4.82. The lowest BCUT2D eigenvalue weighted by atomic mass is 9.98. The summed E-state index contributed by atoms with van der Waals surface area (Å²) in [5, 5.41) is 6.35. The highest BCUT2D eigenvalue weighted by molar-refractivity contribution is 7.92. The number of likely N-dealkylation sites (N-methyl/N-ethyl adjacent to an activating group) is 1. The summed E-state index contributed by atoms with van der Waals surface area (Å²) < 4.78 is 26.4. The molecule has 0 aliphatic carbocycles. The van der Waals surface area contributed by atoms with Gasteiger partial charge >= 0.3 is 0 Å². The third kappa shape index (κ3) is 7.18. The van der Waals surface area contributed by atoms with Gasteiger partial charge in [-0.3, -0.25) is 13.9 Å². The Hall–Kier alpha value is -4.15. The normalized spacial score (nSPS) is 13.9. The Morgan fingerprint density at radius 2 is 1.57 bits per heavy atom. The minimum atomic E-state index is -3.48. The Morgan fingerprint density at radius 3 is 2.19 bits per heavy atom. The molecule has 0 saturated heterocycles. The number of rotatable bonds is 12. The van der Waals surface area contributed by atoms with Crippen molar-refractivity contribution in [3.05, 3.63) is 89.5 Å². The van der Waals surface area contributed by atoms with E-state index in [1.165, 1.54) is 10.6 Å². The van der Waals surface area contributed by atoms with Crippen LogP contribution >= 0.6 is 0 Å². The van der Waals surface area contributed by atoms with E-state index in [-0.39, 0.29) is 11.8 Å². The molecule has 3 aromatic rings. The second kappa shape index (κ2) is 13.2. The van der Waals surface area contributed by atoms with E-state index >= 15 is 0 Å². The van der Waals surface area contributed by atoms with Gasteiger partial charge in [-0.25, -0.2) is 8.42 Å². The molecule has 2 N–H and O–H groups in total. The van der Waals surface area contributed by atoms with Crippen LogP contribution in [0.15, 0.2) is 72.8 Å². The fourth-order valence-corrected chi connectivity index (χ4v) is 5.70. The maximum atomic E-state index is 13.4. The molecule has 2 amide bonds. The van der Waals surface area contributed by atoms with Crippen molar-refractivity contribution in [1.82, 2.24) is 9.80 Å². The lowest BCUT2D eigenvalue weighted by Gasteiger charge is -2.24. The number of carbonyl (C=O) groups excluding carboxylic acids is 2. The van der Waals surface area contributed by atoms with Crippen LogP contribution in [-0.4, -0.2) is 77.1 Å². The molecule has 0 bridgehead atoms. The van der Waals surface area contributed by atoms with Crippen molar-refractivity contribution in [3.8, 4) is 0 Å². The van der Waals surface area contributed by atoms with E-state index in [0.717, 1.165) is 18.4 Å². The summed E-state index contributed by atoms with van der Waals surface area (Å²) in [6.45, 7) is 3.64. The molecule has 0 fully saturated rings. The second-order valence-corrected chi connectivity index (χ2v) is 12.6. The van der Waals surface area contributed by atoms with Crippen molar-refractivity contribution in [3.63, 3.8) is 0 Å². The number of fused-ring (bicyclic) bond motifs is 1. The molecule has 0 atom stereocenters. The number of hydrogen-bond donors (Lipinski definition) is 2. The lowest BCUT2D eigenvalue weighted by Crippen LogP contribution is -2.35. The Bertz CT molecular complexity index is 1570. The van der Waals surface area contributed by atoms with Crippen molar-refractivity contribution >= 4 is 50.2 Å². The van der Waals surface area contributed by atoms with Gasteiger partial charge in [-0.05, 0) is 68.5 Å². The Balaban J connectivity index is 1.74. The van der Waals surface area contributed by atoms with E-state index in [0.29, 0.717) is 59.1 Å². The van der Waals surface area contributed by atoms with Gasteiger partial charge in [0.15, 0.2) is 0 Å². The molecule has 0 saturated carbocycles. The first-order valence-corrected chi connectivity index (χ1v) is 15.8. The molecule has 0 radical (unpaired) electrons. The number of amides is 2. The number of benzene rings is 3. The Labute approximate surface area is 248 Å². The van der Waals surface area contributed by atoms with E-state index in [2.05, 4.69) is 17.6 Å². The van der Waals surface area contributed by atoms with Gasteiger partial charge in [-0.15, -0.1) is 0 Å². The zero-order valence-electron chi connectivity index (χ0n) is 24.8. The zero-order chi connectivity index (χ0) is 30.4. The van der Waals surface area contributed by atoms with Crippen LogP contribution in [0.5, 0.6) is 0 Å². The minimum absolute atomic E-state index is 0.0977. The van der Waals surface area contributed by atoms with Crippen molar-refractivity contribution < 1.29 is 18.0 Å². The first-order valence-electron chi connectivity index (χ1n) is 14.0. The number of hydrogen-bond acceptors (Lipinski definition) is 6. The summed E-state index contributed by atoms with van der Waals surface area (Å²) in [5.74, 6) is -0.372. The average Bonchev–Trinajstić information content (AvgIpc) is 3.29. The molecule has 1 aliphatic heterocycles. The maximum Gasteiger partial charge on any atom is 0.258 e. The largest absolute Gasteiger partial charge is 0.354 e. The molecular formula is C32H39N5O4S. The van der Waals surface area contributed by atoms with Crippen LogP contribution in [0.25, 0.3) is 11.3 Å². The van der Waals surface area contributed by atoms with Crippen molar-refractivity contribution in [2.45, 2.75) is 19.8 Å².